The third kappa shape index (κ3) is 5.21. The summed E-state index contributed by atoms with van der Waals surface area (Å²) in [5, 5.41) is 6.42. The predicted octanol–water partition coefficient (Wildman–Crippen LogP) is 3.48. The number of carbonyl (C=O) groups excluding carboxylic acids is 1. The summed E-state index contributed by atoms with van der Waals surface area (Å²) in [5.74, 6) is 0.561. The van der Waals surface area contributed by atoms with Crippen LogP contribution in [0.25, 0.3) is 0 Å². The van der Waals surface area contributed by atoms with Crippen molar-refractivity contribution in [2.24, 2.45) is 0 Å². The molecular formula is C20H25ClN2O2. The fourth-order valence-corrected chi connectivity index (χ4v) is 2.95. The van der Waals surface area contributed by atoms with E-state index in [2.05, 4.69) is 23.6 Å². The predicted molar refractivity (Wildman–Crippen MR) is 103 cm³/mol. The Morgan fingerprint density at radius 3 is 2.72 bits per heavy atom. The number of carbonyl (C=O) groups is 1. The quantitative estimate of drug-likeness (QED) is 0.858. The van der Waals surface area contributed by atoms with Gasteiger partial charge in [-0.05, 0) is 49.6 Å². The van der Waals surface area contributed by atoms with Crippen LogP contribution in [0, 0.1) is 6.92 Å². The zero-order chi connectivity index (χ0) is 16.8. The monoisotopic (exact) mass is 360 g/mol. The molecule has 1 fully saturated rings. The van der Waals surface area contributed by atoms with Gasteiger partial charge in [0, 0.05) is 12.6 Å². The van der Waals surface area contributed by atoms with E-state index in [9.17, 15) is 4.79 Å². The van der Waals surface area contributed by atoms with E-state index in [1.54, 1.807) is 0 Å². The van der Waals surface area contributed by atoms with E-state index in [1.807, 2.05) is 42.5 Å². The number of para-hydroxylation sites is 1. The van der Waals surface area contributed by atoms with Crippen molar-refractivity contribution in [3.8, 4) is 5.75 Å². The van der Waals surface area contributed by atoms with Gasteiger partial charge in [0.2, 0.25) is 0 Å². The van der Waals surface area contributed by atoms with Gasteiger partial charge in [0.05, 0.1) is 5.56 Å². The SMILES string of the molecule is Cc1ccccc1COc1ccccc1C(=O)NC1CCCNC1.Cl. The standard InChI is InChI=1S/C20H24N2O2.ClH/c1-15-7-2-3-8-16(15)14-24-19-11-5-4-10-18(19)20(23)22-17-9-6-12-21-13-17;/h2-5,7-8,10-11,17,21H,6,9,12-14H2,1H3,(H,22,23);1H. The first-order valence-electron chi connectivity index (χ1n) is 8.52. The lowest BCUT2D eigenvalue weighted by molar-refractivity contribution is 0.0926. The zero-order valence-corrected chi connectivity index (χ0v) is 15.3. The van der Waals surface area contributed by atoms with Crippen molar-refractivity contribution in [3.05, 3.63) is 65.2 Å². The maximum Gasteiger partial charge on any atom is 0.255 e. The number of rotatable bonds is 5. The molecule has 0 spiro atoms. The van der Waals surface area contributed by atoms with Crippen molar-refractivity contribution in [1.29, 1.82) is 0 Å². The minimum absolute atomic E-state index is 0. The van der Waals surface area contributed by atoms with Gasteiger partial charge in [0.1, 0.15) is 12.4 Å². The van der Waals surface area contributed by atoms with Gasteiger partial charge in [-0.25, -0.2) is 0 Å². The molecule has 1 saturated heterocycles. The molecule has 0 aliphatic carbocycles. The number of piperidine rings is 1. The van der Waals surface area contributed by atoms with Crippen LogP contribution in [0.5, 0.6) is 5.75 Å². The fourth-order valence-electron chi connectivity index (χ4n) is 2.95. The molecule has 1 amide bonds. The number of nitrogens with one attached hydrogen (secondary N) is 2. The number of ether oxygens (including phenoxy) is 1. The van der Waals surface area contributed by atoms with Gasteiger partial charge >= 0.3 is 0 Å². The Kier molecular flexibility index (Phi) is 7.29. The van der Waals surface area contributed by atoms with Crippen LogP contribution in [0.4, 0.5) is 0 Å². The first-order chi connectivity index (χ1) is 11.7. The molecule has 1 heterocycles. The molecule has 1 aliphatic heterocycles. The number of aryl methyl sites for hydroxylation is 1. The number of benzene rings is 2. The van der Waals surface area contributed by atoms with Crippen molar-refractivity contribution in [2.75, 3.05) is 13.1 Å². The Labute approximate surface area is 155 Å². The lowest BCUT2D eigenvalue weighted by Crippen LogP contribution is -2.45. The molecule has 3 rings (SSSR count). The van der Waals surface area contributed by atoms with Crippen molar-refractivity contribution in [2.45, 2.75) is 32.4 Å². The molecule has 4 nitrogen and oxygen atoms in total. The molecule has 25 heavy (non-hydrogen) atoms. The second-order valence-electron chi connectivity index (χ2n) is 6.23. The third-order valence-corrected chi connectivity index (χ3v) is 4.41. The van der Waals surface area contributed by atoms with E-state index in [4.69, 9.17) is 4.74 Å². The van der Waals surface area contributed by atoms with Crippen molar-refractivity contribution >= 4 is 18.3 Å². The molecule has 2 N–H and O–H groups in total. The van der Waals surface area contributed by atoms with Gasteiger partial charge in [-0.3, -0.25) is 4.79 Å². The van der Waals surface area contributed by atoms with Crippen LogP contribution in [0.2, 0.25) is 0 Å². The summed E-state index contributed by atoms with van der Waals surface area (Å²) in [4.78, 5) is 12.6. The highest BCUT2D eigenvalue weighted by Gasteiger charge is 2.18. The molecule has 1 aliphatic rings. The van der Waals surface area contributed by atoms with Crippen LogP contribution in [0.15, 0.2) is 48.5 Å². The van der Waals surface area contributed by atoms with E-state index in [-0.39, 0.29) is 24.4 Å². The summed E-state index contributed by atoms with van der Waals surface area (Å²) in [6.45, 7) is 4.38. The van der Waals surface area contributed by atoms with Gasteiger partial charge in [0.15, 0.2) is 0 Å². The minimum atomic E-state index is -0.0657. The number of hydrogen-bond acceptors (Lipinski definition) is 3. The average molecular weight is 361 g/mol. The summed E-state index contributed by atoms with van der Waals surface area (Å²) < 4.78 is 5.94. The van der Waals surface area contributed by atoms with Crippen LogP contribution in [0.1, 0.15) is 34.3 Å². The largest absolute Gasteiger partial charge is 0.488 e. The molecule has 5 heteroatoms. The Morgan fingerprint density at radius 2 is 1.96 bits per heavy atom. The highest BCUT2D eigenvalue weighted by atomic mass is 35.5. The lowest BCUT2D eigenvalue weighted by Gasteiger charge is -2.24. The van der Waals surface area contributed by atoms with Crippen LogP contribution >= 0.6 is 12.4 Å². The molecule has 0 saturated carbocycles. The molecule has 2 aromatic rings. The molecule has 0 aromatic heterocycles. The second-order valence-corrected chi connectivity index (χ2v) is 6.23. The number of amides is 1. The molecule has 0 radical (unpaired) electrons. The molecule has 0 bridgehead atoms. The molecule has 1 unspecified atom stereocenters. The van der Waals surface area contributed by atoms with Crippen molar-refractivity contribution < 1.29 is 9.53 Å². The van der Waals surface area contributed by atoms with E-state index in [0.29, 0.717) is 17.9 Å². The smallest absolute Gasteiger partial charge is 0.255 e. The zero-order valence-electron chi connectivity index (χ0n) is 14.5. The Bertz CT molecular complexity index is 700. The van der Waals surface area contributed by atoms with Gasteiger partial charge in [-0.15, -0.1) is 12.4 Å². The minimum Gasteiger partial charge on any atom is -0.488 e. The van der Waals surface area contributed by atoms with E-state index >= 15 is 0 Å². The summed E-state index contributed by atoms with van der Waals surface area (Å²) >= 11 is 0. The van der Waals surface area contributed by atoms with Gasteiger partial charge in [-0.1, -0.05) is 36.4 Å². The number of hydrogen-bond donors (Lipinski definition) is 2. The van der Waals surface area contributed by atoms with E-state index in [0.717, 1.165) is 31.5 Å². The topological polar surface area (TPSA) is 50.4 Å². The normalized spacial score (nSPS) is 16.6. The lowest BCUT2D eigenvalue weighted by atomic mass is 10.1. The highest BCUT2D eigenvalue weighted by molar-refractivity contribution is 5.97. The van der Waals surface area contributed by atoms with Gasteiger partial charge in [0.25, 0.3) is 5.91 Å². The maximum atomic E-state index is 12.6. The van der Waals surface area contributed by atoms with E-state index < -0.39 is 0 Å². The van der Waals surface area contributed by atoms with Gasteiger partial charge < -0.3 is 15.4 Å². The molecule has 134 valence electrons. The molecule has 2 aromatic carbocycles. The summed E-state index contributed by atoms with van der Waals surface area (Å²) in [6, 6.07) is 15.7. The maximum absolute atomic E-state index is 12.6. The van der Waals surface area contributed by atoms with Crippen LogP contribution < -0.4 is 15.4 Å². The second kappa shape index (κ2) is 9.44. The first kappa shape index (κ1) is 19.3. The molecular weight excluding hydrogens is 336 g/mol. The van der Waals surface area contributed by atoms with Crippen LogP contribution in [-0.2, 0) is 6.61 Å². The van der Waals surface area contributed by atoms with Crippen molar-refractivity contribution in [3.63, 3.8) is 0 Å². The van der Waals surface area contributed by atoms with Crippen molar-refractivity contribution in [1.82, 2.24) is 10.6 Å². The Morgan fingerprint density at radius 1 is 1.20 bits per heavy atom. The molecule has 1 atom stereocenters. The fraction of sp³-hybridized carbons (Fsp3) is 0.350. The van der Waals surface area contributed by atoms with E-state index in [1.165, 1.54) is 5.56 Å². The van der Waals surface area contributed by atoms with Gasteiger partial charge in [-0.2, -0.15) is 0 Å². The average Bonchev–Trinajstić information content (AvgIpc) is 2.62. The number of halogens is 1. The Balaban J connectivity index is 0.00000225. The Hall–Kier alpha value is -2.04. The summed E-state index contributed by atoms with van der Waals surface area (Å²) in [5.41, 5.74) is 2.91. The first-order valence-corrected chi connectivity index (χ1v) is 8.52. The highest BCUT2D eigenvalue weighted by Crippen LogP contribution is 2.20. The van der Waals surface area contributed by atoms with Crippen LogP contribution in [0.3, 0.4) is 0 Å². The third-order valence-electron chi connectivity index (χ3n) is 4.41. The summed E-state index contributed by atoms with van der Waals surface area (Å²) in [6.07, 6.45) is 2.11. The summed E-state index contributed by atoms with van der Waals surface area (Å²) in [7, 11) is 0. The van der Waals surface area contributed by atoms with Crippen LogP contribution in [-0.4, -0.2) is 25.0 Å².